The van der Waals surface area contributed by atoms with Crippen LogP contribution in [0.1, 0.15) is 52.9 Å². The molecule has 3 aliphatic rings. The number of likely N-dealkylation sites (N-methyl/N-ethyl adjacent to an activating group) is 1. The second-order valence-corrected chi connectivity index (χ2v) is 7.50. The highest BCUT2D eigenvalue weighted by atomic mass is 16.5. The summed E-state index contributed by atoms with van der Waals surface area (Å²) in [7, 11) is 1.85. The third kappa shape index (κ3) is 2.69. The third-order valence-electron chi connectivity index (χ3n) is 5.40. The van der Waals surface area contributed by atoms with Crippen LogP contribution in [-0.4, -0.2) is 54.1 Å². The van der Waals surface area contributed by atoms with Crippen molar-refractivity contribution in [2.75, 3.05) is 20.3 Å². The predicted molar refractivity (Wildman–Crippen MR) is 85.0 cm³/mol. The lowest BCUT2D eigenvalue weighted by atomic mass is 9.77. The van der Waals surface area contributed by atoms with E-state index in [0.29, 0.717) is 18.9 Å². The molecule has 124 valence electrons. The molecule has 1 amide bonds. The minimum absolute atomic E-state index is 0.0921. The molecule has 0 aromatic rings. The van der Waals surface area contributed by atoms with Gasteiger partial charge in [-0.1, -0.05) is 6.92 Å². The molecule has 3 rings (SSSR count). The number of amidine groups is 1. The maximum absolute atomic E-state index is 12.7. The molecular formula is C17H28N2O3. The number of hydrogen-bond donors (Lipinski definition) is 0. The molecule has 3 heterocycles. The van der Waals surface area contributed by atoms with Crippen LogP contribution in [0.5, 0.6) is 0 Å². The molecule has 3 unspecified atom stereocenters. The van der Waals surface area contributed by atoms with E-state index in [9.17, 15) is 4.79 Å². The summed E-state index contributed by atoms with van der Waals surface area (Å²) < 4.78 is 11.9. The fourth-order valence-corrected chi connectivity index (χ4v) is 4.18. The van der Waals surface area contributed by atoms with Gasteiger partial charge >= 0.3 is 0 Å². The van der Waals surface area contributed by atoms with Crippen LogP contribution in [0.3, 0.4) is 0 Å². The Kier molecular flexibility index (Phi) is 4.06. The van der Waals surface area contributed by atoms with Crippen LogP contribution >= 0.6 is 0 Å². The van der Waals surface area contributed by atoms with Gasteiger partial charge in [0.25, 0.3) is 5.91 Å². The Hall–Kier alpha value is -0.940. The van der Waals surface area contributed by atoms with Crippen molar-refractivity contribution < 1.29 is 14.3 Å². The van der Waals surface area contributed by atoms with Crippen molar-refractivity contribution in [3.05, 3.63) is 0 Å². The molecule has 2 fully saturated rings. The van der Waals surface area contributed by atoms with E-state index in [-0.39, 0.29) is 17.6 Å². The van der Waals surface area contributed by atoms with Crippen LogP contribution in [0.2, 0.25) is 0 Å². The van der Waals surface area contributed by atoms with E-state index in [0.717, 1.165) is 38.1 Å². The maximum Gasteiger partial charge on any atom is 0.255 e. The van der Waals surface area contributed by atoms with Gasteiger partial charge in [-0.25, -0.2) is 0 Å². The number of nitrogens with zero attached hydrogens (tertiary/aromatic N) is 2. The van der Waals surface area contributed by atoms with Gasteiger partial charge in [0, 0.05) is 39.5 Å². The number of rotatable bonds is 2. The first-order valence-corrected chi connectivity index (χ1v) is 8.49. The van der Waals surface area contributed by atoms with Crippen LogP contribution in [0.15, 0.2) is 4.99 Å². The zero-order chi connectivity index (χ0) is 16.0. The van der Waals surface area contributed by atoms with Gasteiger partial charge in [0.05, 0.1) is 11.7 Å². The van der Waals surface area contributed by atoms with Crippen LogP contribution in [0.25, 0.3) is 0 Å². The zero-order valence-electron chi connectivity index (χ0n) is 14.2. The summed E-state index contributed by atoms with van der Waals surface area (Å²) in [6.45, 7) is 7.74. The number of carbonyl (C=O) groups excluding carboxylic acids is 1. The number of carbonyl (C=O) groups is 1. The fourth-order valence-electron chi connectivity index (χ4n) is 4.18. The first-order valence-electron chi connectivity index (χ1n) is 8.49. The van der Waals surface area contributed by atoms with Crippen molar-refractivity contribution in [3.8, 4) is 0 Å². The Morgan fingerprint density at radius 3 is 2.73 bits per heavy atom. The molecule has 1 spiro atoms. The van der Waals surface area contributed by atoms with Crippen molar-refractivity contribution in [2.24, 2.45) is 10.9 Å². The van der Waals surface area contributed by atoms with Gasteiger partial charge in [-0.2, -0.15) is 0 Å². The van der Waals surface area contributed by atoms with Crippen molar-refractivity contribution in [3.63, 3.8) is 0 Å². The van der Waals surface area contributed by atoms with Crippen LogP contribution in [0, 0.1) is 5.92 Å². The molecule has 3 atom stereocenters. The Morgan fingerprint density at radius 2 is 2.09 bits per heavy atom. The molecule has 22 heavy (non-hydrogen) atoms. The SMILES string of the molecule is CCC1=NC2(CCOC(C3CCOC(C)(C)C3)C2)C(=O)N1C. The van der Waals surface area contributed by atoms with E-state index in [1.165, 1.54) is 0 Å². The standard InChI is InChI=1S/C17H28N2O3/c1-5-14-18-17(15(20)19(14)4)7-9-21-13(11-17)12-6-8-22-16(2,3)10-12/h12-13H,5-11H2,1-4H3. The molecule has 3 aliphatic heterocycles. The highest BCUT2D eigenvalue weighted by Gasteiger charge is 2.51. The maximum atomic E-state index is 12.7. The monoisotopic (exact) mass is 308 g/mol. The van der Waals surface area contributed by atoms with E-state index < -0.39 is 5.54 Å². The second kappa shape index (κ2) is 5.60. The average molecular weight is 308 g/mol. The molecule has 2 saturated heterocycles. The molecule has 0 saturated carbocycles. The quantitative estimate of drug-likeness (QED) is 0.787. The van der Waals surface area contributed by atoms with Crippen molar-refractivity contribution in [1.82, 2.24) is 4.90 Å². The van der Waals surface area contributed by atoms with Crippen molar-refractivity contribution in [2.45, 2.75) is 70.1 Å². The second-order valence-electron chi connectivity index (χ2n) is 7.50. The summed E-state index contributed by atoms with van der Waals surface area (Å²) in [4.78, 5) is 19.3. The smallest absolute Gasteiger partial charge is 0.255 e. The zero-order valence-corrected chi connectivity index (χ0v) is 14.2. The summed E-state index contributed by atoms with van der Waals surface area (Å²) in [5.41, 5.74) is -0.656. The van der Waals surface area contributed by atoms with E-state index >= 15 is 0 Å². The Morgan fingerprint density at radius 1 is 1.32 bits per heavy atom. The van der Waals surface area contributed by atoms with E-state index in [1.54, 1.807) is 4.90 Å². The Bertz CT molecular complexity index is 488. The first-order chi connectivity index (χ1) is 10.4. The summed E-state index contributed by atoms with van der Waals surface area (Å²) in [5.74, 6) is 1.53. The molecule has 0 N–H and O–H groups in total. The molecule has 5 heteroatoms. The first kappa shape index (κ1) is 15.9. The predicted octanol–water partition coefficient (Wildman–Crippen LogP) is 2.39. The Labute approximate surface area is 133 Å². The molecule has 0 aliphatic carbocycles. The lowest BCUT2D eigenvalue weighted by Gasteiger charge is -2.43. The van der Waals surface area contributed by atoms with Gasteiger partial charge in [-0.15, -0.1) is 0 Å². The topological polar surface area (TPSA) is 51.1 Å². The van der Waals surface area contributed by atoms with Crippen LogP contribution in [-0.2, 0) is 14.3 Å². The highest BCUT2D eigenvalue weighted by molar-refractivity contribution is 6.07. The normalized spacial score (nSPS) is 38.5. The van der Waals surface area contributed by atoms with Crippen molar-refractivity contribution in [1.29, 1.82) is 0 Å². The van der Waals surface area contributed by atoms with Gasteiger partial charge in [-0.05, 0) is 32.6 Å². The van der Waals surface area contributed by atoms with Gasteiger partial charge < -0.3 is 14.4 Å². The highest BCUT2D eigenvalue weighted by Crippen LogP contribution is 2.41. The average Bonchev–Trinajstić information content (AvgIpc) is 2.71. The molecular weight excluding hydrogens is 280 g/mol. The van der Waals surface area contributed by atoms with Crippen molar-refractivity contribution >= 4 is 11.7 Å². The van der Waals surface area contributed by atoms with Gasteiger partial charge in [0.2, 0.25) is 0 Å². The molecule has 0 bridgehead atoms. The molecule has 0 radical (unpaired) electrons. The summed E-state index contributed by atoms with van der Waals surface area (Å²) in [5, 5.41) is 0. The van der Waals surface area contributed by atoms with E-state index in [4.69, 9.17) is 14.5 Å². The number of ether oxygens (including phenoxy) is 2. The minimum Gasteiger partial charge on any atom is -0.378 e. The Balaban J connectivity index is 1.77. The van der Waals surface area contributed by atoms with Crippen LogP contribution < -0.4 is 0 Å². The number of amides is 1. The van der Waals surface area contributed by atoms with E-state index in [1.807, 2.05) is 7.05 Å². The third-order valence-corrected chi connectivity index (χ3v) is 5.40. The summed E-state index contributed by atoms with van der Waals surface area (Å²) >= 11 is 0. The van der Waals surface area contributed by atoms with Gasteiger partial charge in [0.15, 0.2) is 0 Å². The molecule has 5 nitrogen and oxygen atoms in total. The van der Waals surface area contributed by atoms with Crippen LogP contribution in [0.4, 0.5) is 0 Å². The summed E-state index contributed by atoms with van der Waals surface area (Å²) in [6, 6.07) is 0. The summed E-state index contributed by atoms with van der Waals surface area (Å²) in [6.07, 6.45) is 4.36. The fraction of sp³-hybridized carbons (Fsp3) is 0.882. The van der Waals surface area contributed by atoms with Gasteiger partial charge in [0.1, 0.15) is 11.4 Å². The lowest BCUT2D eigenvalue weighted by Crippen LogP contribution is -2.50. The minimum atomic E-state index is -0.564. The van der Waals surface area contributed by atoms with Gasteiger partial charge in [-0.3, -0.25) is 9.79 Å². The lowest BCUT2D eigenvalue weighted by molar-refractivity contribution is -0.144. The largest absolute Gasteiger partial charge is 0.378 e. The van der Waals surface area contributed by atoms with E-state index in [2.05, 4.69) is 20.8 Å². The molecule has 0 aromatic carbocycles. The number of aliphatic imine (C=N–C) groups is 1. The number of hydrogen-bond acceptors (Lipinski definition) is 4. The molecule has 0 aromatic heterocycles.